The first-order chi connectivity index (χ1) is 7.66. The fourth-order valence-corrected chi connectivity index (χ4v) is 3.02. The second kappa shape index (κ2) is 3.34. The highest BCUT2D eigenvalue weighted by Gasteiger charge is 2.42. The van der Waals surface area contributed by atoms with Crippen LogP contribution < -0.4 is 0 Å². The molecule has 1 saturated carbocycles. The van der Waals surface area contributed by atoms with Gasteiger partial charge in [0.15, 0.2) is 0 Å². The van der Waals surface area contributed by atoms with Crippen molar-refractivity contribution in [2.75, 3.05) is 0 Å². The average Bonchev–Trinajstić information content (AvgIpc) is 2.99. The van der Waals surface area contributed by atoms with E-state index in [-0.39, 0.29) is 5.92 Å². The summed E-state index contributed by atoms with van der Waals surface area (Å²) in [6.07, 6.45) is 3.38. The number of aliphatic carboxylic acids is 1. The summed E-state index contributed by atoms with van der Waals surface area (Å²) in [6, 6.07) is 6.32. The molecule has 1 aromatic carbocycles. The zero-order valence-corrected chi connectivity index (χ0v) is 9.44. The van der Waals surface area contributed by atoms with Crippen molar-refractivity contribution in [2.45, 2.75) is 38.0 Å². The molecule has 2 unspecified atom stereocenters. The fourth-order valence-electron chi connectivity index (χ4n) is 3.02. The fraction of sp³-hybridized carbons (Fsp3) is 0.500. The summed E-state index contributed by atoms with van der Waals surface area (Å²) in [5.74, 6) is 0.345. The number of hydrogen-bond donors (Lipinski definition) is 1. The highest BCUT2D eigenvalue weighted by atomic mass is 16.4. The largest absolute Gasteiger partial charge is 0.481 e. The molecule has 0 amide bonds. The Balaban J connectivity index is 2.05. The van der Waals surface area contributed by atoms with E-state index in [4.69, 9.17) is 0 Å². The molecule has 3 rings (SSSR count). The second-order valence-corrected chi connectivity index (χ2v) is 5.20. The first kappa shape index (κ1) is 9.88. The molecule has 0 bridgehead atoms. The van der Waals surface area contributed by atoms with Crippen LogP contribution >= 0.6 is 0 Å². The maximum absolute atomic E-state index is 11.3. The minimum Gasteiger partial charge on any atom is -0.481 e. The van der Waals surface area contributed by atoms with Crippen LogP contribution in [-0.2, 0) is 4.79 Å². The molecule has 2 aliphatic carbocycles. The second-order valence-electron chi connectivity index (χ2n) is 5.20. The maximum Gasteiger partial charge on any atom is 0.311 e. The van der Waals surface area contributed by atoms with Gasteiger partial charge in [-0.25, -0.2) is 0 Å². The molecule has 2 aliphatic rings. The van der Waals surface area contributed by atoms with Crippen molar-refractivity contribution in [2.24, 2.45) is 5.92 Å². The number of benzene rings is 1. The summed E-state index contributed by atoms with van der Waals surface area (Å²) >= 11 is 0. The van der Waals surface area contributed by atoms with E-state index in [1.54, 1.807) is 0 Å². The van der Waals surface area contributed by atoms with Gasteiger partial charge >= 0.3 is 5.97 Å². The van der Waals surface area contributed by atoms with Crippen molar-refractivity contribution in [1.82, 2.24) is 0 Å². The lowest BCUT2D eigenvalue weighted by Gasteiger charge is -2.09. The molecule has 0 radical (unpaired) electrons. The van der Waals surface area contributed by atoms with Crippen LogP contribution in [-0.4, -0.2) is 11.1 Å². The molecule has 2 atom stereocenters. The summed E-state index contributed by atoms with van der Waals surface area (Å²) in [4.78, 5) is 11.3. The van der Waals surface area contributed by atoms with Crippen LogP contribution in [0.25, 0.3) is 0 Å². The van der Waals surface area contributed by atoms with Gasteiger partial charge in [-0.1, -0.05) is 23.8 Å². The Bertz CT molecular complexity index is 446. The predicted molar refractivity (Wildman–Crippen MR) is 61.6 cm³/mol. The summed E-state index contributed by atoms with van der Waals surface area (Å²) < 4.78 is 0. The standard InChI is InChI=1S/C14H16O2/c1-8-2-5-10-11(9-3-4-9)7-13(14(15)16)12(10)6-8/h2,5-6,9,11,13H,3-4,7H2,1H3,(H,15,16). The monoisotopic (exact) mass is 216 g/mol. The van der Waals surface area contributed by atoms with Gasteiger partial charge in [0.25, 0.3) is 0 Å². The molecule has 0 aromatic heterocycles. The number of rotatable bonds is 2. The van der Waals surface area contributed by atoms with E-state index in [2.05, 4.69) is 18.2 Å². The van der Waals surface area contributed by atoms with Gasteiger partial charge < -0.3 is 5.11 Å². The van der Waals surface area contributed by atoms with E-state index in [1.165, 1.54) is 24.0 Å². The van der Waals surface area contributed by atoms with Crippen molar-refractivity contribution < 1.29 is 9.90 Å². The van der Waals surface area contributed by atoms with Gasteiger partial charge in [0.1, 0.15) is 0 Å². The van der Waals surface area contributed by atoms with Crippen LogP contribution in [0.5, 0.6) is 0 Å². The molecule has 84 valence electrons. The van der Waals surface area contributed by atoms with Gasteiger partial charge in [-0.3, -0.25) is 4.79 Å². The van der Waals surface area contributed by atoms with E-state index < -0.39 is 5.97 Å². The topological polar surface area (TPSA) is 37.3 Å². The van der Waals surface area contributed by atoms with Crippen molar-refractivity contribution in [1.29, 1.82) is 0 Å². The molecule has 0 aliphatic heterocycles. The predicted octanol–water partition coefficient (Wildman–Crippen LogP) is 3.06. The Morgan fingerprint density at radius 2 is 2.06 bits per heavy atom. The Kier molecular flexibility index (Phi) is 2.06. The summed E-state index contributed by atoms with van der Waals surface area (Å²) in [5, 5.41) is 9.27. The van der Waals surface area contributed by atoms with E-state index in [9.17, 15) is 9.90 Å². The van der Waals surface area contributed by atoms with Crippen LogP contribution in [0.15, 0.2) is 18.2 Å². The Morgan fingerprint density at radius 1 is 1.31 bits per heavy atom. The molecule has 16 heavy (non-hydrogen) atoms. The molecule has 1 N–H and O–H groups in total. The summed E-state index contributed by atoms with van der Waals surface area (Å²) in [6.45, 7) is 2.03. The zero-order chi connectivity index (χ0) is 11.3. The highest BCUT2D eigenvalue weighted by Crippen LogP contribution is 2.53. The molecule has 2 heteroatoms. The SMILES string of the molecule is Cc1ccc2c(c1)C(C(=O)O)CC2C1CC1. The van der Waals surface area contributed by atoms with Crippen molar-refractivity contribution in [3.63, 3.8) is 0 Å². The number of carboxylic acids is 1. The quantitative estimate of drug-likeness (QED) is 0.825. The molecule has 0 heterocycles. The number of hydrogen-bond acceptors (Lipinski definition) is 1. The van der Waals surface area contributed by atoms with Crippen molar-refractivity contribution >= 4 is 5.97 Å². The van der Waals surface area contributed by atoms with Crippen molar-refractivity contribution in [3.8, 4) is 0 Å². The molecule has 2 nitrogen and oxygen atoms in total. The normalized spacial score (nSPS) is 27.8. The lowest BCUT2D eigenvalue weighted by molar-refractivity contribution is -0.138. The number of fused-ring (bicyclic) bond motifs is 1. The van der Waals surface area contributed by atoms with Gasteiger partial charge in [0.05, 0.1) is 5.92 Å². The van der Waals surface area contributed by atoms with Crippen molar-refractivity contribution in [3.05, 3.63) is 34.9 Å². The summed E-state index contributed by atoms with van der Waals surface area (Å²) in [5.41, 5.74) is 3.55. The summed E-state index contributed by atoms with van der Waals surface area (Å²) in [7, 11) is 0. The molecular weight excluding hydrogens is 200 g/mol. The minimum atomic E-state index is -0.657. The third kappa shape index (κ3) is 1.44. The highest BCUT2D eigenvalue weighted by molar-refractivity contribution is 5.78. The third-order valence-corrected chi connectivity index (χ3v) is 4.00. The van der Waals surface area contributed by atoms with Crippen LogP contribution in [0.2, 0.25) is 0 Å². The van der Waals surface area contributed by atoms with E-state index in [0.29, 0.717) is 5.92 Å². The van der Waals surface area contributed by atoms with Gasteiger partial charge in [-0.05, 0) is 49.1 Å². The maximum atomic E-state index is 11.3. The number of carbonyl (C=O) groups is 1. The third-order valence-electron chi connectivity index (χ3n) is 4.00. The van der Waals surface area contributed by atoms with Gasteiger partial charge in [0, 0.05) is 0 Å². The van der Waals surface area contributed by atoms with Crippen LogP contribution in [0.4, 0.5) is 0 Å². The van der Waals surface area contributed by atoms with E-state index in [1.807, 2.05) is 6.92 Å². The Hall–Kier alpha value is -1.31. The zero-order valence-electron chi connectivity index (χ0n) is 9.44. The van der Waals surface area contributed by atoms with E-state index in [0.717, 1.165) is 17.9 Å². The lowest BCUT2D eigenvalue weighted by atomic mass is 9.96. The smallest absolute Gasteiger partial charge is 0.311 e. The Labute approximate surface area is 95.3 Å². The average molecular weight is 216 g/mol. The van der Waals surface area contributed by atoms with Crippen LogP contribution in [0.1, 0.15) is 47.8 Å². The molecule has 1 fully saturated rings. The van der Waals surface area contributed by atoms with Crippen LogP contribution in [0, 0.1) is 12.8 Å². The van der Waals surface area contributed by atoms with Gasteiger partial charge in [-0.2, -0.15) is 0 Å². The molecule has 0 saturated heterocycles. The molecule has 1 aromatic rings. The van der Waals surface area contributed by atoms with Gasteiger partial charge in [-0.15, -0.1) is 0 Å². The number of aryl methyl sites for hydroxylation is 1. The Morgan fingerprint density at radius 3 is 2.69 bits per heavy atom. The molecular formula is C14H16O2. The van der Waals surface area contributed by atoms with Gasteiger partial charge in [0.2, 0.25) is 0 Å². The number of carboxylic acid groups (broad SMARTS) is 1. The van der Waals surface area contributed by atoms with E-state index >= 15 is 0 Å². The molecule has 0 spiro atoms. The minimum absolute atomic E-state index is 0.263. The first-order valence-corrected chi connectivity index (χ1v) is 6.00. The first-order valence-electron chi connectivity index (χ1n) is 6.00. The van der Waals surface area contributed by atoms with Crippen LogP contribution in [0.3, 0.4) is 0 Å². The lowest BCUT2D eigenvalue weighted by Crippen LogP contribution is -2.08.